The van der Waals surface area contributed by atoms with E-state index in [1.165, 1.54) is 0 Å². The van der Waals surface area contributed by atoms with Crippen LogP contribution in [0.2, 0.25) is 0 Å². The fourth-order valence-corrected chi connectivity index (χ4v) is 4.37. The summed E-state index contributed by atoms with van der Waals surface area (Å²) in [5, 5.41) is 3.48. The maximum atomic E-state index is 12.5. The lowest BCUT2D eigenvalue weighted by molar-refractivity contribution is 0.446. The number of hydrogen-bond donors (Lipinski definition) is 1. The molecule has 2 fully saturated rings. The van der Waals surface area contributed by atoms with Gasteiger partial charge in [0.2, 0.25) is 0 Å². The highest BCUT2D eigenvalue weighted by Crippen LogP contribution is 2.30. The number of imidazole rings is 1. The SMILES string of the molecule is Cc1nc(S(=O)(=O)N2CC3CNCC3C2)cn1C. The van der Waals surface area contributed by atoms with Gasteiger partial charge in [-0.15, -0.1) is 0 Å². The van der Waals surface area contributed by atoms with E-state index in [1.54, 1.807) is 15.1 Å². The highest BCUT2D eigenvalue weighted by molar-refractivity contribution is 7.89. The fourth-order valence-electron chi connectivity index (χ4n) is 2.79. The van der Waals surface area contributed by atoms with Crippen molar-refractivity contribution < 1.29 is 8.42 Å². The Labute approximate surface area is 107 Å². The number of fused-ring (bicyclic) bond motifs is 1. The first kappa shape index (κ1) is 12.1. The first-order chi connectivity index (χ1) is 8.48. The molecule has 0 radical (unpaired) electrons. The number of rotatable bonds is 2. The molecular formula is C11H18N4O2S. The molecule has 3 heterocycles. The van der Waals surface area contributed by atoms with Crippen LogP contribution in [0.3, 0.4) is 0 Å². The van der Waals surface area contributed by atoms with Crippen molar-refractivity contribution in [2.24, 2.45) is 18.9 Å². The van der Waals surface area contributed by atoms with Crippen LogP contribution in [0.15, 0.2) is 11.2 Å². The normalized spacial score (nSPS) is 28.8. The molecule has 0 bridgehead atoms. The summed E-state index contributed by atoms with van der Waals surface area (Å²) < 4.78 is 28.3. The van der Waals surface area contributed by atoms with Gasteiger partial charge in [-0.1, -0.05) is 0 Å². The van der Waals surface area contributed by atoms with Gasteiger partial charge in [-0.25, -0.2) is 13.4 Å². The number of nitrogens with one attached hydrogen (secondary N) is 1. The molecular weight excluding hydrogens is 252 g/mol. The van der Waals surface area contributed by atoms with Crippen molar-refractivity contribution in [3.63, 3.8) is 0 Å². The number of aromatic nitrogens is 2. The fraction of sp³-hybridized carbons (Fsp3) is 0.727. The van der Waals surface area contributed by atoms with Crippen molar-refractivity contribution in [3.05, 3.63) is 12.0 Å². The van der Waals surface area contributed by atoms with Crippen molar-refractivity contribution in [2.45, 2.75) is 11.9 Å². The predicted molar refractivity (Wildman–Crippen MR) is 66.6 cm³/mol. The average molecular weight is 270 g/mol. The lowest BCUT2D eigenvalue weighted by Gasteiger charge is -2.15. The molecule has 6 nitrogen and oxygen atoms in total. The van der Waals surface area contributed by atoms with Gasteiger partial charge in [0.25, 0.3) is 10.0 Å². The van der Waals surface area contributed by atoms with Crippen LogP contribution < -0.4 is 5.32 Å². The summed E-state index contributed by atoms with van der Waals surface area (Å²) in [6.07, 6.45) is 1.59. The maximum Gasteiger partial charge on any atom is 0.262 e. The lowest BCUT2D eigenvalue weighted by Crippen LogP contribution is -2.32. The number of sulfonamides is 1. The lowest BCUT2D eigenvalue weighted by atomic mass is 10.0. The smallest absolute Gasteiger partial charge is 0.262 e. The number of hydrogen-bond acceptors (Lipinski definition) is 4. The van der Waals surface area contributed by atoms with E-state index in [4.69, 9.17) is 0 Å². The first-order valence-electron chi connectivity index (χ1n) is 6.19. The first-order valence-corrected chi connectivity index (χ1v) is 7.63. The van der Waals surface area contributed by atoms with Crippen LogP contribution in [0.25, 0.3) is 0 Å². The molecule has 2 unspecified atom stereocenters. The summed E-state index contributed by atoms with van der Waals surface area (Å²) in [7, 11) is -1.60. The predicted octanol–water partition coefficient (Wildman–Crippen LogP) is -0.432. The zero-order valence-electron chi connectivity index (χ0n) is 10.6. The Balaban J connectivity index is 1.87. The molecule has 0 amide bonds. The topological polar surface area (TPSA) is 67.2 Å². The van der Waals surface area contributed by atoms with Gasteiger partial charge in [0.05, 0.1) is 0 Å². The zero-order valence-corrected chi connectivity index (χ0v) is 11.4. The highest BCUT2D eigenvalue weighted by Gasteiger charge is 2.42. The zero-order chi connectivity index (χ0) is 12.9. The van der Waals surface area contributed by atoms with Crippen molar-refractivity contribution >= 4 is 10.0 Å². The molecule has 1 aromatic rings. The molecule has 0 aromatic carbocycles. The largest absolute Gasteiger partial charge is 0.337 e. The Morgan fingerprint density at radius 3 is 2.44 bits per heavy atom. The second-order valence-electron chi connectivity index (χ2n) is 5.24. The van der Waals surface area contributed by atoms with E-state index in [9.17, 15) is 8.42 Å². The monoisotopic (exact) mass is 270 g/mol. The van der Waals surface area contributed by atoms with Gasteiger partial charge in [-0.3, -0.25) is 0 Å². The minimum atomic E-state index is -3.41. The maximum absolute atomic E-state index is 12.5. The standard InChI is InChI=1S/C11H18N4O2S/c1-8-13-11(7-14(8)2)18(16,17)15-5-9-3-12-4-10(9)6-15/h7,9-10,12H,3-6H2,1-2H3. The highest BCUT2D eigenvalue weighted by atomic mass is 32.2. The summed E-state index contributed by atoms with van der Waals surface area (Å²) in [4.78, 5) is 4.14. The molecule has 1 N–H and O–H groups in total. The van der Waals surface area contributed by atoms with E-state index >= 15 is 0 Å². The van der Waals surface area contributed by atoms with E-state index in [0.717, 1.165) is 18.9 Å². The van der Waals surface area contributed by atoms with Gasteiger partial charge in [-0.05, 0) is 31.8 Å². The Kier molecular flexibility index (Phi) is 2.72. The van der Waals surface area contributed by atoms with E-state index in [2.05, 4.69) is 10.3 Å². The summed E-state index contributed by atoms with van der Waals surface area (Å²) in [6, 6.07) is 0. The van der Waals surface area contributed by atoms with Crippen LogP contribution in [0.5, 0.6) is 0 Å². The molecule has 2 atom stereocenters. The molecule has 3 rings (SSSR count). The van der Waals surface area contributed by atoms with Gasteiger partial charge >= 0.3 is 0 Å². The van der Waals surface area contributed by atoms with Crippen molar-refractivity contribution in [3.8, 4) is 0 Å². The van der Waals surface area contributed by atoms with Crippen molar-refractivity contribution in [2.75, 3.05) is 26.2 Å². The molecule has 2 saturated heterocycles. The Hall–Kier alpha value is -0.920. The number of aryl methyl sites for hydroxylation is 2. The quantitative estimate of drug-likeness (QED) is 0.792. The Morgan fingerprint density at radius 1 is 1.33 bits per heavy atom. The van der Waals surface area contributed by atoms with Crippen LogP contribution in [0.1, 0.15) is 5.82 Å². The van der Waals surface area contributed by atoms with E-state index < -0.39 is 10.0 Å². The summed E-state index contributed by atoms with van der Waals surface area (Å²) in [6.45, 7) is 4.91. The van der Waals surface area contributed by atoms with Gasteiger partial charge in [0, 0.05) is 26.3 Å². The van der Waals surface area contributed by atoms with Crippen molar-refractivity contribution in [1.82, 2.24) is 19.2 Å². The molecule has 0 spiro atoms. The molecule has 7 heteroatoms. The second-order valence-corrected chi connectivity index (χ2v) is 7.12. The summed E-state index contributed by atoms with van der Waals surface area (Å²) in [5.41, 5.74) is 0. The molecule has 0 saturated carbocycles. The molecule has 0 aliphatic carbocycles. The van der Waals surface area contributed by atoms with E-state index in [-0.39, 0.29) is 5.03 Å². The summed E-state index contributed by atoms with van der Waals surface area (Å²) >= 11 is 0. The van der Waals surface area contributed by atoms with Crippen LogP contribution >= 0.6 is 0 Å². The molecule has 2 aliphatic rings. The Morgan fingerprint density at radius 2 is 1.94 bits per heavy atom. The summed E-state index contributed by atoms with van der Waals surface area (Å²) in [5.74, 6) is 1.64. The minimum absolute atomic E-state index is 0.176. The number of nitrogens with zero attached hydrogens (tertiary/aromatic N) is 3. The van der Waals surface area contributed by atoms with Gasteiger partial charge < -0.3 is 9.88 Å². The van der Waals surface area contributed by atoms with Gasteiger partial charge in [0.1, 0.15) is 5.82 Å². The van der Waals surface area contributed by atoms with Gasteiger partial charge in [-0.2, -0.15) is 4.31 Å². The average Bonchev–Trinajstić information content (AvgIpc) is 2.93. The molecule has 18 heavy (non-hydrogen) atoms. The third kappa shape index (κ3) is 1.77. The van der Waals surface area contributed by atoms with Crippen LogP contribution in [-0.4, -0.2) is 48.5 Å². The molecule has 1 aromatic heterocycles. The van der Waals surface area contributed by atoms with Crippen LogP contribution in [0.4, 0.5) is 0 Å². The van der Waals surface area contributed by atoms with Gasteiger partial charge in [0.15, 0.2) is 5.03 Å². The van der Waals surface area contributed by atoms with Crippen molar-refractivity contribution in [1.29, 1.82) is 0 Å². The van der Waals surface area contributed by atoms with E-state index in [0.29, 0.717) is 24.9 Å². The second kappa shape index (κ2) is 4.04. The molecule has 2 aliphatic heterocycles. The Bertz CT molecular complexity index is 534. The van der Waals surface area contributed by atoms with E-state index in [1.807, 2.05) is 14.0 Å². The van der Waals surface area contributed by atoms with Crippen LogP contribution in [0, 0.1) is 18.8 Å². The van der Waals surface area contributed by atoms with Crippen LogP contribution in [-0.2, 0) is 17.1 Å². The minimum Gasteiger partial charge on any atom is -0.337 e. The third-order valence-corrected chi connectivity index (χ3v) is 5.75. The third-order valence-electron chi connectivity index (χ3n) is 4.05. The molecule has 100 valence electrons.